The molecule has 0 atom stereocenters. The van der Waals surface area contributed by atoms with Crippen molar-refractivity contribution in [2.45, 2.75) is 19.8 Å². The van der Waals surface area contributed by atoms with Gasteiger partial charge in [0.15, 0.2) is 11.5 Å². The van der Waals surface area contributed by atoms with Gasteiger partial charge in [-0.1, -0.05) is 6.07 Å². The molecule has 0 bridgehead atoms. The minimum atomic E-state index is 0.662. The Kier molecular flexibility index (Phi) is 6.83. The lowest BCUT2D eigenvalue weighted by atomic mass is 10.2. The van der Waals surface area contributed by atoms with Crippen molar-refractivity contribution in [3.05, 3.63) is 51.6 Å². The van der Waals surface area contributed by atoms with Crippen molar-refractivity contribution in [2.24, 2.45) is 0 Å². The molecule has 118 valence electrons. The topological polar surface area (TPSA) is 27.7 Å². The molecular weight excluding hydrogens is 391 g/mol. The highest BCUT2D eigenvalue weighted by molar-refractivity contribution is 14.1. The summed E-state index contributed by atoms with van der Waals surface area (Å²) in [5.74, 6) is 2.50. The molecule has 0 aliphatic carbocycles. The van der Waals surface area contributed by atoms with Crippen molar-refractivity contribution in [1.29, 1.82) is 0 Å². The molecule has 0 amide bonds. The maximum absolute atomic E-state index is 5.77. The number of ether oxygens (including phenoxy) is 3. The zero-order valence-electron chi connectivity index (χ0n) is 13.0. The van der Waals surface area contributed by atoms with Gasteiger partial charge in [0, 0.05) is 3.57 Å². The first kappa shape index (κ1) is 16.9. The molecule has 22 heavy (non-hydrogen) atoms. The molecule has 3 nitrogen and oxygen atoms in total. The summed E-state index contributed by atoms with van der Waals surface area (Å²) in [6.07, 6.45) is 1.90. The van der Waals surface area contributed by atoms with Crippen LogP contribution in [0.2, 0.25) is 0 Å². The third-order valence-corrected chi connectivity index (χ3v) is 3.92. The van der Waals surface area contributed by atoms with Crippen LogP contribution in [0.3, 0.4) is 0 Å². The van der Waals surface area contributed by atoms with Gasteiger partial charge in [0.05, 0.1) is 20.3 Å². The Hall–Kier alpha value is -1.43. The van der Waals surface area contributed by atoms with Crippen molar-refractivity contribution >= 4 is 22.6 Å². The molecule has 0 N–H and O–H groups in total. The summed E-state index contributed by atoms with van der Waals surface area (Å²) in [4.78, 5) is 0. The highest BCUT2D eigenvalue weighted by Crippen LogP contribution is 2.27. The first-order valence-electron chi connectivity index (χ1n) is 7.35. The van der Waals surface area contributed by atoms with E-state index >= 15 is 0 Å². The molecule has 0 aromatic heterocycles. The highest BCUT2D eigenvalue weighted by Gasteiger charge is 2.04. The molecule has 2 aromatic rings. The van der Waals surface area contributed by atoms with Crippen molar-refractivity contribution in [3.63, 3.8) is 0 Å². The molecule has 0 unspecified atom stereocenters. The molecular formula is C18H21IO3. The monoisotopic (exact) mass is 412 g/mol. The van der Waals surface area contributed by atoms with Crippen LogP contribution in [0.25, 0.3) is 0 Å². The highest BCUT2D eigenvalue weighted by atomic mass is 127. The van der Waals surface area contributed by atoms with Crippen LogP contribution < -0.4 is 14.2 Å². The second-order valence-electron chi connectivity index (χ2n) is 5.01. The molecule has 0 aliphatic heterocycles. The summed E-state index contributed by atoms with van der Waals surface area (Å²) in [6.45, 7) is 3.40. The standard InChI is InChI=1S/C18H21IO3/c1-14-5-10-17(18(13-14)20-2)22-12-4-3-11-21-16-8-6-15(19)7-9-16/h5-10,13H,3-4,11-12H2,1-2H3. The average Bonchev–Trinajstić information content (AvgIpc) is 2.53. The van der Waals surface area contributed by atoms with Crippen molar-refractivity contribution in [3.8, 4) is 17.2 Å². The lowest BCUT2D eigenvalue weighted by Gasteiger charge is -2.11. The second-order valence-corrected chi connectivity index (χ2v) is 6.26. The maximum Gasteiger partial charge on any atom is 0.161 e. The fourth-order valence-electron chi connectivity index (χ4n) is 2.00. The number of methoxy groups -OCH3 is 1. The zero-order valence-corrected chi connectivity index (χ0v) is 15.1. The van der Waals surface area contributed by atoms with Crippen molar-refractivity contribution in [1.82, 2.24) is 0 Å². The van der Waals surface area contributed by atoms with E-state index in [0.29, 0.717) is 13.2 Å². The molecule has 0 saturated carbocycles. The number of rotatable bonds is 8. The van der Waals surface area contributed by atoms with Gasteiger partial charge in [0.1, 0.15) is 5.75 Å². The van der Waals surface area contributed by atoms with Gasteiger partial charge in [-0.15, -0.1) is 0 Å². The lowest BCUT2D eigenvalue weighted by molar-refractivity contribution is 0.258. The average molecular weight is 412 g/mol. The van der Waals surface area contributed by atoms with Gasteiger partial charge in [0.25, 0.3) is 0 Å². The van der Waals surface area contributed by atoms with E-state index in [9.17, 15) is 0 Å². The summed E-state index contributed by atoms with van der Waals surface area (Å²) in [6, 6.07) is 14.0. The van der Waals surface area contributed by atoms with Crippen LogP contribution in [0.15, 0.2) is 42.5 Å². The number of benzene rings is 2. The van der Waals surface area contributed by atoms with E-state index in [1.165, 1.54) is 3.57 Å². The van der Waals surface area contributed by atoms with Gasteiger partial charge in [0.2, 0.25) is 0 Å². The zero-order chi connectivity index (χ0) is 15.8. The minimum absolute atomic E-state index is 0.662. The van der Waals surface area contributed by atoms with E-state index in [1.54, 1.807) is 7.11 Å². The van der Waals surface area contributed by atoms with Crippen LogP contribution in [0.4, 0.5) is 0 Å². The van der Waals surface area contributed by atoms with Gasteiger partial charge < -0.3 is 14.2 Å². The van der Waals surface area contributed by atoms with E-state index in [4.69, 9.17) is 14.2 Å². The van der Waals surface area contributed by atoms with Gasteiger partial charge >= 0.3 is 0 Å². The first-order chi connectivity index (χ1) is 10.7. The normalized spacial score (nSPS) is 10.3. The first-order valence-corrected chi connectivity index (χ1v) is 8.43. The molecule has 0 saturated heterocycles. The SMILES string of the molecule is COc1cc(C)ccc1OCCCCOc1ccc(I)cc1. The number of aryl methyl sites for hydroxylation is 1. The Morgan fingerprint density at radius 1 is 0.864 bits per heavy atom. The fraction of sp³-hybridized carbons (Fsp3) is 0.333. The van der Waals surface area contributed by atoms with Crippen molar-refractivity contribution in [2.75, 3.05) is 20.3 Å². The van der Waals surface area contributed by atoms with Crippen LogP contribution in [0.1, 0.15) is 18.4 Å². The fourth-order valence-corrected chi connectivity index (χ4v) is 2.36. The summed E-state index contributed by atoms with van der Waals surface area (Å²) >= 11 is 2.28. The van der Waals surface area contributed by atoms with Crippen LogP contribution in [0, 0.1) is 10.5 Å². The van der Waals surface area contributed by atoms with Crippen molar-refractivity contribution < 1.29 is 14.2 Å². The summed E-state index contributed by atoms with van der Waals surface area (Å²) < 4.78 is 18.0. The number of halogens is 1. The van der Waals surface area contributed by atoms with Crippen LogP contribution in [0.5, 0.6) is 17.2 Å². The second kappa shape index (κ2) is 8.88. The van der Waals surface area contributed by atoms with Crippen LogP contribution in [-0.4, -0.2) is 20.3 Å². The third kappa shape index (κ3) is 5.40. The maximum atomic E-state index is 5.77. The van der Waals surface area contributed by atoms with E-state index in [-0.39, 0.29) is 0 Å². The smallest absolute Gasteiger partial charge is 0.161 e. The Bertz CT molecular complexity index is 581. The molecule has 0 heterocycles. The predicted molar refractivity (Wildman–Crippen MR) is 97.1 cm³/mol. The van der Waals surface area contributed by atoms with Gasteiger partial charge in [-0.05, 0) is 84.3 Å². The Morgan fingerprint density at radius 2 is 1.55 bits per heavy atom. The number of hydrogen-bond donors (Lipinski definition) is 0. The Morgan fingerprint density at radius 3 is 2.23 bits per heavy atom. The molecule has 0 aliphatic rings. The molecule has 2 rings (SSSR count). The lowest BCUT2D eigenvalue weighted by Crippen LogP contribution is -2.03. The number of unbranched alkanes of at least 4 members (excludes halogenated alkanes) is 1. The van der Waals surface area contributed by atoms with Gasteiger partial charge in [-0.25, -0.2) is 0 Å². The summed E-state index contributed by atoms with van der Waals surface area (Å²) in [5.41, 5.74) is 1.16. The van der Waals surface area contributed by atoms with Gasteiger partial charge in [-0.2, -0.15) is 0 Å². The Labute approximate surface area is 145 Å². The van der Waals surface area contributed by atoms with Crippen LogP contribution in [-0.2, 0) is 0 Å². The van der Waals surface area contributed by atoms with E-state index in [0.717, 1.165) is 35.7 Å². The third-order valence-electron chi connectivity index (χ3n) is 3.20. The quantitative estimate of drug-likeness (QED) is 0.459. The van der Waals surface area contributed by atoms with E-state index < -0.39 is 0 Å². The van der Waals surface area contributed by atoms with Gasteiger partial charge in [-0.3, -0.25) is 0 Å². The molecule has 4 heteroatoms. The van der Waals surface area contributed by atoms with E-state index in [2.05, 4.69) is 22.6 Å². The molecule has 2 aromatic carbocycles. The van der Waals surface area contributed by atoms with E-state index in [1.807, 2.05) is 49.4 Å². The molecule has 0 spiro atoms. The van der Waals surface area contributed by atoms with Crippen LogP contribution >= 0.6 is 22.6 Å². The number of hydrogen-bond acceptors (Lipinski definition) is 3. The Balaban J connectivity index is 1.66. The largest absolute Gasteiger partial charge is 0.494 e. The minimum Gasteiger partial charge on any atom is -0.494 e. The molecule has 0 fully saturated rings. The molecule has 0 radical (unpaired) electrons. The predicted octanol–water partition coefficient (Wildman–Crippen LogP) is 4.85. The summed E-state index contributed by atoms with van der Waals surface area (Å²) in [5, 5.41) is 0. The summed E-state index contributed by atoms with van der Waals surface area (Å²) in [7, 11) is 1.66.